The Bertz CT molecular complexity index is 387. The second-order valence-electron chi connectivity index (χ2n) is 4.36. The zero-order valence-electron chi connectivity index (χ0n) is 11.6. The predicted octanol–water partition coefficient (Wildman–Crippen LogP) is 3.53. The van der Waals surface area contributed by atoms with Crippen LogP contribution in [0.15, 0.2) is 24.3 Å². The Kier molecular flexibility index (Phi) is 5.69. The quantitative estimate of drug-likeness (QED) is 0.724. The van der Waals surface area contributed by atoms with Crippen molar-refractivity contribution in [3.05, 3.63) is 29.8 Å². The van der Waals surface area contributed by atoms with Crippen LogP contribution in [0.25, 0.3) is 0 Å². The van der Waals surface area contributed by atoms with Gasteiger partial charge in [0.1, 0.15) is 5.75 Å². The molecule has 2 unspecified atom stereocenters. The monoisotopic (exact) mass is 250 g/mol. The van der Waals surface area contributed by atoms with Crippen molar-refractivity contribution in [3.8, 4) is 5.75 Å². The van der Waals surface area contributed by atoms with E-state index in [-0.39, 0.29) is 5.97 Å². The third-order valence-corrected chi connectivity index (χ3v) is 2.98. The zero-order valence-corrected chi connectivity index (χ0v) is 11.6. The van der Waals surface area contributed by atoms with Crippen molar-refractivity contribution >= 4 is 5.97 Å². The van der Waals surface area contributed by atoms with Crippen molar-refractivity contribution in [3.63, 3.8) is 0 Å². The molecule has 3 heteroatoms. The molecule has 2 atom stereocenters. The van der Waals surface area contributed by atoms with E-state index >= 15 is 0 Å². The van der Waals surface area contributed by atoms with Crippen LogP contribution >= 0.6 is 0 Å². The summed E-state index contributed by atoms with van der Waals surface area (Å²) in [5.41, 5.74) is 1.14. The summed E-state index contributed by atoms with van der Waals surface area (Å²) in [6, 6.07) is 7.85. The molecule has 0 aliphatic heterocycles. The van der Waals surface area contributed by atoms with Crippen LogP contribution in [0, 0.1) is 0 Å². The minimum Gasteiger partial charge on any atom is -0.479 e. The molecule has 1 aromatic carbocycles. The lowest BCUT2D eigenvalue weighted by molar-refractivity contribution is -0.150. The predicted molar refractivity (Wildman–Crippen MR) is 71.9 cm³/mol. The number of hydrogen-bond acceptors (Lipinski definition) is 3. The summed E-state index contributed by atoms with van der Waals surface area (Å²) in [6.45, 7) is 8.16. The van der Waals surface area contributed by atoms with E-state index < -0.39 is 6.10 Å². The molecule has 18 heavy (non-hydrogen) atoms. The highest BCUT2D eigenvalue weighted by Gasteiger charge is 2.18. The third kappa shape index (κ3) is 3.76. The number of rotatable bonds is 6. The van der Waals surface area contributed by atoms with Gasteiger partial charge in [0.2, 0.25) is 0 Å². The largest absolute Gasteiger partial charge is 0.479 e. The minimum atomic E-state index is -0.574. The molecule has 1 rings (SSSR count). The molecule has 0 saturated heterocycles. The van der Waals surface area contributed by atoms with Crippen molar-refractivity contribution in [1.29, 1.82) is 0 Å². The van der Waals surface area contributed by atoms with E-state index in [1.54, 1.807) is 13.8 Å². The Morgan fingerprint density at radius 1 is 1.22 bits per heavy atom. The molecule has 0 heterocycles. The first-order valence-corrected chi connectivity index (χ1v) is 6.52. The highest BCUT2D eigenvalue weighted by Crippen LogP contribution is 2.29. The first kappa shape index (κ1) is 14.6. The summed E-state index contributed by atoms with van der Waals surface area (Å²) in [7, 11) is 0. The molecule has 0 bridgehead atoms. The fraction of sp³-hybridized carbons (Fsp3) is 0.533. The number of ether oxygens (including phenoxy) is 2. The standard InChI is InChI=1S/C15H22O3/c1-5-11(3)13-9-7-8-10-14(13)18-12(4)15(16)17-6-2/h7-12H,5-6H2,1-4H3. The summed E-state index contributed by atoms with van der Waals surface area (Å²) in [5, 5.41) is 0. The minimum absolute atomic E-state index is 0.323. The Morgan fingerprint density at radius 3 is 2.50 bits per heavy atom. The number of carbonyl (C=O) groups is 1. The van der Waals surface area contributed by atoms with Crippen molar-refractivity contribution in [2.45, 2.75) is 46.1 Å². The lowest BCUT2D eigenvalue weighted by atomic mass is 9.98. The SMILES string of the molecule is CCOC(=O)C(C)Oc1ccccc1C(C)CC. The van der Waals surface area contributed by atoms with Crippen molar-refractivity contribution in [2.24, 2.45) is 0 Å². The molecule has 100 valence electrons. The summed E-state index contributed by atoms with van der Waals surface area (Å²) < 4.78 is 10.6. The van der Waals surface area contributed by atoms with Crippen LogP contribution in [0.1, 0.15) is 45.6 Å². The number of carbonyl (C=O) groups excluding carboxylic acids is 1. The molecule has 0 radical (unpaired) electrons. The van der Waals surface area contributed by atoms with Gasteiger partial charge in [-0.3, -0.25) is 0 Å². The van der Waals surface area contributed by atoms with Crippen LogP contribution in [0.4, 0.5) is 0 Å². The number of hydrogen-bond donors (Lipinski definition) is 0. The molecular weight excluding hydrogens is 228 g/mol. The van der Waals surface area contributed by atoms with Crippen molar-refractivity contribution in [2.75, 3.05) is 6.61 Å². The maximum absolute atomic E-state index is 11.6. The fourth-order valence-corrected chi connectivity index (χ4v) is 1.71. The van der Waals surface area contributed by atoms with Crippen LogP contribution in [0.2, 0.25) is 0 Å². The van der Waals surface area contributed by atoms with Crippen LogP contribution in [-0.4, -0.2) is 18.7 Å². The van der Waals surface area contributed by atoms with Gasteiger partial charge in [-0.25, -0.2) is 4.79 Å². The number of esters is 1. The summed E-state index contributed by atoms with van der Waals surface area (Å²) in [5.74, 6) is 0.861. The zero-order chi connectivity index (χ0) is 13.5. The maximum atomic E-state index is 11.6. The smallest absolute Gasteiger partial charge is 0.347 e. The Hall–Kier alpha value is -1.51. The third-order valence-electron chi connectivity index (χ3n) is 2.98. The molecule has 0 N–H and O–H groups in total. The Labute approximate surface area is 109 Å². The van der Waals surface area contributed by atoms with Gasteiger partial charge in [0.15, 0.2) is 6.10 Å². The van der Waals surface area contributed by atoms with Crippen LogP contribution in [0.5, 0.6) is 5.75 Å². The first-order valence-electron chi connectivity index (χ1n) is 6.52. The lowest BCUT2D eigenvalue weighted by Gasteiger charge is -2.18. The fourth-order valence-electron chi connectivity index (χ4n) is 1.71. The van der Waals surface area contributed by atoms with E-state index in [1.165, 1.54) is 0 Å². The van der Waals surface area contributed by atoms with Gasteiger partial charge in [-0.15, -0.1) is 0 Å². The first-order chi connectivity index (χ1) is 8.60. The van der Waals surface area contributed by atoms with E-state index in [2.05, 4.69) is 13.8 Å². The highest BCUT2D eigenvalue weighted by molar-refractivity contribution is 5.74. The lowest BCUT2D eigenvalue weighted by Crippen LogP contribution is -2.26. The van der Waals surface area contributed by atoms with Gasteiger partial charge in [-0.05, 0) is 37.8 Å². The van der Waals surface area contributed by atoms with Gasteiger partial charge in [0.05, 0.1) is 6.61 Å². The molecule has 1 aromatic rings. The van der Waals surface area contributed by atoms with E-state index in [0.29, 0.717) is 12.5 Å². The summed E-state index contributed by atoms with van der Waals surface area (Å²) in [4.78, 5) is 11.6. The van der Waals surface area contributed by atoms with Gasteiger partial charge in [-0.1, -0.05) is 32.0 Å². The average Bonchev–Trinajstić information content (AvgIpc) is 2.38. The van der Waals surface area contributed by atoms with E-state index in [0.717, 1.165) is 17.7 Å². The van der Waals surface area contributed by atoms with Gasteiger partial charge in [0.25, 0.3) is 0 Å². The van der Waals surface area contributed by atoms with E-state index in [9.17, 15) is 4.79 Å². The molecule has 0 spiro atoms. The van der Waals surface area contributed by atoms with Gasteiger partial charge < -0.3 is 9.47 Å². The molecular formula is C15H22O3. The number of para-hydroxylation sites is 1. The van der Waals surface area contributed by atoms with Crippen LogP contribution < -0.4 is 4.74 Å². The van der Waals surface area contributed by atoms with Gasteiger partial charge >= 0.3 is 5.97 Å². The number of benzene rings is 1. The average molecular weight is 250 g/mol. The van der Waals surface area contributed by atoms with Crippen molar-refractivity contribution < 1.29 is 14.3 Å². The highest BCUT2D eigenvalue weighted by atomic mass is 16.6. The molecule has 0 fully saturated rings. The second-order valence-corrected chi connectivity index (χ2v) is 4.36. The Morgan fingerprint density at radius 2 is 1.89 bits per heavy atom. The normalized spacial score (nSPS) is 13.8. The van der Waals surface area contributed by atoms with Crippen LogP contribution in [-0.2, 0) is 9.53 Å². The maximum Gasteiger partial charge on any atom is 0.347 e. The summed E-state index contributed by atoms with van der Waals surface area (Å²) >= 11 is 0. The molecule has 0 saturated carbocycles. The topological polar surface area (TPSA) is 35.5 Å². The van der Waals surface area contributed by atoms with Gasteiger partial charge in [0, 0.05) is 0 Å². The van der Waals surface area contributed by atoms with E-state index in [1.807, 2.05) is 24.3 Å². The molecule has 0 aromatic heterocycles. The van der Waals surface area contributed by atoms with Gasteiger partial charge in [-0.2, -0.15) is 0 Å². The Balaban J connectivity index is 2.80. The molecule has 3 nitrogen and oxygen atoms in total. The second kappa shape index (κ2) is 7.04. The van der Waals surface area contributed by atoms with Crippen molar-refractivity contribution in [1.82, 2.24) is 0 Å². The molecule has 0 aliphatic rings. The van der Waals surface area contributed by atoms with E-state index in [4.69, 9.17) is 9.47 Å². The molecule has 0 amide bonds. The molecule has 0 aliphatic carbocycles. The summed E-state index contributed by atoms with van der Waals surface area (Å²) in [6.07, 6.45) is 0.462. The van der Waals surface area contributed by atoms with Crippen LogP contribution in [0.3, 0.4) is 0 Å².